The van der Waals surface area contributed by atoms with Gasteiger partial charge < -0.3 is 15.4 Å². The van der Waals surface area contributed by atoms with Gasteiger partial charge in [-0.3, -0.25) is 9.52 Å². The summed E-state index contributed by atoms with van der Waals surface area (Å²) in [7, 11) is -1.87. The van der Waals surface area contributed by atoms with Gasteiger partial charge >= 0.3 is 0 Å². The lowest BCUT2D eigenvalue weighted by Gasteiger charge is -2.28. The highest BCUT2D eigenvalue weighted by Crippen LogP contribution is 2.33. The fourth-order valence-corrected chi connectivity index (χ4v) is 3.49. The number of likely N-dealkylation sites (N-methyl/N-ethyl adjacent to an activating group) is 1. The Morgan fingerprint density at radius 3 is 2.58 bits per heavy atom. The van der Waals surface area contributed by atoms with Crippen molar-refractivity contribution in [3.8, 4) is 5.75 Å². The molecule has 1 amide bonds. The molecule has 0 unspecified atom stereocenters. The molecule has 0 saturated heterocycles. The number of amides is 1. The highest BCUT2D eigenvalue weighted by molar-refractivity contribution is 7.92. The number of sulfonamides is 1. The van der Waals surface area contributed by atoms with Crippen LogP contribution in [0.5, 0.6) is 5.75 Å². The van der Waals surface area contributed by atoms with Crippen LogP contribution in [0.4, 0.5) is 11.4 Å². The van der Waals surface area contributed by atoms with E-state index in [2.05, 4.69) is 4.72 Å². The van der Waals surface area contributed by atoms with Crippen molar-refractivity contribution in [1.29, 1.82) is 0 Å². The van der Waals surface area contributed by atoms with Crippen LogP contribution in [-0.4, -0.2) is 34.5 Å². The van der Waals surface area contributed by atoms with Crippen molar-refractivity contribution in [2.45, 2.75) is 4.90 Å². The quantitative estimate of drug-likeness (QED) is 0.871. The third-order valence-corrected chi connectivity index (χ3v) is 5.14. The second kappa shape index (κ2) is 6.04. The van der Waals surface area contributed by atoms with Crippen LogP contribution in [0.3, 0.4) is 0 Å². The molecule has 2 aromatic rings. The maximum Gasteiger partial charge on any atom is 0.261 e. The Balaban J connectivity index is 1.88. The predicted molar refractivity (Wildman–Crippen MR) is 91.0 cm³/mol. The summed E-state index contributed by atoms with van der Waals surface area (Å²) in [5.41, 5.74) is 6.56. The highest BCUT2D eigenvalue weighted by Gasteiger charge is 2.20. The average Bonchev–Trinajstić information content (AvgIpc) is 2.55. The molecule has 0 radical (unpaired) electrons. The number of rotatable bonds is 4. The van der Waals surface area contributed by atoms with Crippen molar-refractivity contribution in [1.82, 2.24) is 0 Å². The molecule has 0 aromatic heterocycles. The molecule has 0 fully saturated rings. The summed E-state index contributed by atoms with van der Waals surface area (Å²) in [6.07, 6.45) is 0. The summed E-state index contributed by atoms with van der Waals surface area (Å²) in [5.74, 6) is 0.0932. The van der Waals surface area contributed by atoms with Gasteiger partial charge in [-0.25, -0.2) is 8.42 Å². The Hall–Kier alpha value is -2.74. The molecule has 126 valence electrons. The molecule has 1 aliphatic rings. The maximum atomic E-state index is 12.6. The topological polar surface area (TPSA) is 102 Å². The molecule has 0 saturated carbocycles. The third-order valence-electron chi connectivity index (χ3n) is 3.76. The van der Waals surface area contributed by atoms with Gasteiger partial charge in [0.15, 0.2) is 0 Å². The first-order chi connectivity index (χ1) is 11.4. The molecule has 24 heavy (non-hydrogen) atoms. The number of benzene rings is 2. The van der Waals surface area contributed by atoms with Gasteiger partial charge in [-0.05, 0) is 42.5 Å². The molecule has 0 spiro atoms. The lowest BCUT2D eigenvalue weighted by atomic mass is 10.2. The second-order valence-corrected chi connectivity index (χ2v) is 7.13. The van der Waals surface area contributed by atoms with Crippen LogP contribution in [0.1, 0.15) is 10.4 Å². The Labute approximate surface area is 140 Å². The van der Waals surface area contributed by atoms with E-state index in [0.717, 1.165) is 5.69 Å². The van der Waals surface area contributed by atoms with E-state index in [1.807, 2.05) is 11.9 Å². The second-order valence-electron chi connectivity index (χ2n) is 5.45. The van der Waals surface area contributed by atoms with E-state index in [4.69, 9.17) is 10.5 Å². The number of nitrogens with zero attached hydrogens (tertiary/aromatic N) is 1. The van der Waals surface area contributed by atoms with Crippen molar-refractivity contribution in [2.24, 2.45) is 5.73 Å². The normalized spacial score (nSPS) is 13.8. The van der Waals surface area contributed by atoms with Crippen molar-refractivity contribution < 1.29 is 17.9 Å². The van der Waals surface area contributed by atoms with E-state index in [0.29, 0.717) is 30.2 Å². The number of nitrogens with one attached hydrogen (secondary N) is 1. The van der Waals surface area contributed by atoms with E-state index >= 15 is 0 Å². The molecule has 0 aliphatic carbocycles. The number of ether oxygens (including phenoxy) is 1. The summed E-state index contributed by atoms with van der Waals surface area (Å²) in [6, 6.07) is 10.6. The number of anilines is 2. The summed E-state index contributed by atoms with van der Waals surface area (Å²) in [6.45, 7) is 1.26. The number of carbonyl (C=O) groups excluding carboxylic acids is 1. The van der Waals surface area contributed by atoms with Gasteiger partial charge in [0.05, 0.1) is 17.1 Å². The van der Waals surface area contributed by atoms with Crippen molar-refractivity contribution in [2.75, 3.05) is 29.8 Å². The number of fused-ring (bicyclic) bond motifs is 1. The molecule has 0 bridgehead atoms. The van der Waals surface area contributed by atoms with Crippen molar-refractivity contribution in [3.05, 3.63) is 48.0 Å². The summed E-state index contributed by atoms with van der Waals surface area (Å²) in [4.78, 5) is 13.1. The van der Waals surface area contributed by atoms with Gasteiger partial charge in [-0.1, -0.05) is 0 Å². The van der Waals surface area contributed by atoms with Crippen molar-refractivity contribution >= 4 is 27.3 Å². The standard InChI is InChI=1S/C16H17N3O4S/c1-19-8-9-23-15-7-6-13(10-14(15)19)24(21,22)18-12-4-2-11(3-5-12)16(17)20/h2-7,10,18H,8-9H2,1H3,(H2,17,20). The molecule has 1 aliphatic heterocycles. The van der Waals surface area contributed by atoms with Crippen molar-refractivity contribution in [3.63, 3.8) is 0 Å². The molecule has 3 rings (SSSR count). The first-order valence-electron chi connectivity index (χ1n) is 7.27. The average molecular weight is 347 g/mol. The lowest BCUT2D eigenvalue weighted by molar-refractivity contribution is 0.100. The van der Waals surface area contributed by atoms with Crippen LogP contribution in [0.2, 0.25) is 0 Å². The lowest BCUT2D eigenvalue weighted by Crippen LogP contribution is -2.29. The van der Waals surface area contributed by atoms with E-state index < -0.39 is 15.9 Å². The minimum Gasteiger partial charge on any atom is -0.490 e. The maximum absolute atomic E-state index is 12.6. The van der Waals surface area contributed by atoms with E-state index in [1.54, 1.807) is 12.1 Å². The van der Waals surface area contributed by atoms with Crippen LogP contribution in [0.25, 0.3) is 0 Å². The minimum atomic E-state index is -3.75. The number of hydrogen-bond donors (Lipinski definition) is 2. The first kappa shape index (κ1) is 16.1. The number of nitrogens with two attached hydrogens (primary N) is 1. The van der Waals surface area contributed by atoms with Gasteiger partial charge in [0.1, 0.15) is 12.4 Å². The molecule has 8 heteroatoms. The van der Waals surface area contributed by atoms with Crippen LogP contribution in [0, 0.1) is 0 Å². The number of hydrogen-bond acceptors (Lipinski definition) is 5. The van der Waals surface area contributed by atoms with Gasteiger partial charge in [-0.2, -0.15) is 0 Å². The van der Waals surface area contributed by atoms with Gasteiger partial charge in [-0.15, -0.1) is 0 Å². The Morgan fingerprint density at radius 2 is 1.92 bits per heavy atom. The van der Waals surface area contributed by atoms with Crippen LogP contribution < -0.4 is 20.1 Å². The van der Waals surface area contributed by atoms with Gasteiger partial charge in [0.2, 0.25) is 5.91 Å². The highest BCUT2D eigenvalue weighted by atomic mass is 32.2. The first-order valence-corrected chi connectivity index (χ1v) is 8.76. The van der Waals surface area contributed by atoms with Gasteiger partial charge in [0.25, 0.3) is 10.0 Å². The van der Waals surface area contributed by atoms with Crippen LogP contribution in [0.15, 0.2) is 47.4 Å². The molecular formula is C16H17N3O4S. The molecular weight excluding hydrogens is 330 g/mol. The van der Waals surface area contributed by atoms with Crippen LogP contribution >= 0.6 is 0 Å². The largest absolute Gasteiger partial charge is 0.490 e. The zero-order valence-electron chi connectivity index (χ0n) is 13.0. The summed E-state index contributed by atoms with van der Waals surface area (Å²) >= 11 is 0. The van der Waals surface area contributed by atoms with Crippen LogP contribution in [-0.2, 0) is 10.0 Å². The van der Waals surface area contributed by atoms with E-state index in [1.165, 1.54) is 30.3 Å². The zero-order chi connectivity index (χ0) is 17.3. The predicted octanol–water partition coefficient (Wildman–Crippen LogP) is 1.41. The SMILES string of the molecule is CN1CCOc2ccc(S(=O)(=O)Nc3ccc(C(N)=O)cc3)cc21. The Bertz CT molecular complexity index is 879. The molecule has 2 aromatic carbocycles. The zero-order valence-corrected chi connectivity index (χ0v) is 13.8. The minimum absolute atomic E-state index is 0.137. The fraction of sp³-hybridized carbons (Fsp3) is 0.188. The number of carbonyl (C=O) groups is 1. The number of primary amides is 1. The summed E-state index contributed by atoms with van der Waals surface area (Å²) < 4.78 is 33.1. The molecule has 3 N–H and O–H groups in total. The monoisotopic (exact) mass is 347 g/mol. The smallest absolute Gasteiger partial charge is 0.261 e. The Morgan fingerprint density at radius 1 is 1.21 bits per heavy atom. The van der Waals surface area contributed by atoms with E-state index in [-0.39, 0.29) is 4.90 Å². The molecule has 1 heterocycles. The molecule has 7 nitrogen and oxygen atoms in total. The third kappa shape index (κ3) is 3.13. The van der Waals surface area contributed by atoms with E-state index in [9.17, 15) is 13.2 Å². The molecule has 0 atom stereocenters. The van der Waals surface area contributed by atoms with Gasteiger partial charge in [0, 0.05) is 18.3 Å². The Kier molecular flexibility index (Phi) is 4.06. The fourth-order valence-electron chi connectivity index (χ4n) is 2.41. The summed E-state index contributed by atoms with van der Waals surface area (Å²) in [5, 5.41) is 0.